The van der Waals surface area contributed by atoms with Crippen LogP contribution in [0.4, 0.5) is 5.69 Å². The molecule has 154 valence electrons. The van der Waals surface area contributed by atoms with E-state index in [1.165, 1.54) is 7.11 Å². The Morgan fingerprint density at radius 1 is 1.14 bits per heavy atom. The summed E-state index contributed by atoms with van der Waals surface area (Å²) >= 11 is 0. The molecular weight excluding hydrogens is 382 g/mol. The van der Waals surface area contributed by atoms with Crippen molar-refractivity contribution in [3.05, 3.63) is 29.8 Å². The number of nitrogens with zero attached hydrogens (tertiary/aromatic N) is 3. The first-order chi connectivity index (χ1) is 13.0. The van der Waals surface area contributed by atoms with Crippen molar-refractivity contribution < 1.29 is 19.1 Å². The SMILES string of the molecule is COC(=O)[C@@]12COC[C@@H]1CN(C(=O)c1ccc(N3CCN(C)CC3)cc1)C2.Cl. The lowest BCUT2D eigenvalue weighted by Gasteiger charge is -2.34. The van der Waals surface area contributed by atoms with Crippen LogP contribution in [0.3, 0.4) is 0 Å². The smallest absolute Gasteiger partial charge is 0.316 e. The van der Waals surface area contributed by atoms with Gasteiger partial charge in [-0.05, 0) is 31.3 Å². The van der Waals surface area contributed by atoms with Crippen LogP contribution in [0.15, 0.2) is 24.3 Å². The van der Waals surface area contributed by atoms with E-state index in [0.717, 1.165) is 31.9 Å². The molecule has 0 aliphatic carbocycles. The first kappa shape index (κ1) is 20.9. The Morgan fingerprint density at radius 3 is 2.46 bits per heavy atom. The topological polar surface area (TPSA) is 62.3 Å². The number of rotatable bonds is 3. The third-order valence-corrected chi connectivity index (χ3v) is 6.24. The number of anilines is 1. The first-order valence-electron chi connectivity index (χ1n) is 9.52. The van der Waals surface area contributed by atoms with Crippen molar-refractivity contribution in [2.24, 2.45) is 11.3 Å². The zero-order valence-corrected chi connectivity index (χ0v) is 17.2. The average Bonchev–Trinajstić information content (AvgIpc) is 3.26. The van der Waals surface area contributed by atoms with Gasteiger partial charge in [0.05, 0.1) is 20.3 Å². The molecule has 0 radical (unpaired) electrons. The molecule has 4 rings (SSSR count). The Labute approximate surface area is 172 Å². The molecule has 7 nitrogen and oxygen atoms in total. The second kappa shape index (κ2) is 8.27. The van der Waals surface area contributed by atoms with Gasteiger partial charge in [-0.3, -0.25) is 9.59 Å². The Hall–Kier alpha value is -1.83. The lowest BCUT2D eigenvalue weighted by atomic mass is 9.81. The van der Waals surface area contributed by atoms with E-state index < -0.39 is 5.41 Å². The summed E-state index contributed by atoms with van der Waals surface area (Å²) in [7, 11) is 3.53. The summed E-state index contributed by atoms with van der Waals surface area (Å²) in [5.41, 5.74) is 1.11. The Morgan fingerprint density at radius 2 is 1.82 bits per heavy atom. The molecule has 2 atom stereocenters. The number of benzene rings is 1. The van der Waals surface area contributed by atoms with E-state index in [4.69, 9.17) is 9.47 Å². The van der Waals surface area contributed by atoms with Crippen molar-refractivity contribution in [1.29, 1.82) is 0 Å². The summed E-state index contributed by atoms with van der Waals surface area (Å²) in [4.78, 5) is 31.7. The summed E-state index contributed by atoms with van der Waals surface area (Å²) in [6.45, 7) is 5.83. The van der Waals surface area contributed by atoms with Gasteiger partial charge in [0.1, 0.15) is 5.41 Å². The van der Waals surface area contributed by atoms with Crippen molar-refractivity contribution in [2.45, 2.75) is 0 Å². The maximum absolute atomic E-state index is 13.0. The Kier molecular flexibility index (Phi) is 6.17. The van der Waals surface area contributed by atoms with E-state index in [0.29, 0.717) is 31.9 Å². The van der Waals surface area contributed by atoms with Crippen LogP contribution in [0.25, 0.3) is 0 Å². The molecule has 0 bridgehead atoms. The van der Waals surface area contributed by atoms with Gasteiger partial charge < -0.3 is 24.2 Å². The average molecular weight is 410 g/mol. The molecule has 3 saturated heterocycles. The van der Waals surface area contributed by atoms with Gasteiger partial charge in [0.25, 0.3) is 5.91 Å². The highest BCUT2D eigenvalue weighted by atomic mass is 35.5. The van der Waals surface area contributed by atoms with E-state index in [-0.39, 0.29) is 30.2 Å². The monoisotopic (exact) mass is 409 g/mol. The third-order valence-electron chi connectivity index (χ3n) is 6.24. The second-order valence-electron chi connectivity index (χ2n) is 7.88. The summed E-state index contributed by atoms with van der Waals surface area (Å²) < 4.78 is 10.5. The summed E-state index contributed by atoms with van der Waals surface area (Å²) in [5.74, 6) is -0.290. The van der Waals surface area contributed by atoms with Gasteiger partial charge in [0, 0.05) is 56.4 Å². The Balaban J connectivity index is 0.00000225. The van der Waals surface area contributed by atoms with Crippen LogP contribution in [0.1, 0.15) is 10.4 Å². The predicted octanol–water partition coefficient (Wildman–Crippen LogP) is 1.12. The minimum absolute atomic E-state index is 0. The van der Waals surface area contributed by atoms with E-state index in [1.54, 1.807) is 4.90 Å². The summed E-state index contributed by atoms with van der Waals surface area (Å²) in [5, 5.41) is 0. The minimum Gasteiger partial charge on any atom is -0.468 e. The van der Waals surface area contributed by atoms with Crippen molar-refractivity contribution >= 4 is 30.0 Å². The highest BCUT2D eigenvalue weighted by molar-refractivity contribution is 5.95. The fourth-order valence-electron chi connectivity index (χ4n) is 4.44. The number of halogens is 1. The van der Waals surface area contributed by atoms with Gasteiger partial charge in [-0.1, -0.05) is 0 Å². The highest BCUT2D eigenvalue weighted by Crippen LogP contribution is 2.42. The van der Waals surface area contributed by atoms with Crippen LogP contribution in [0.2, 0.25) is 0 Å². The molecule has 0 saturated carbocycles. The summed E-state index contributed by atoms with van der Waals surface area (Å²) in [6, 6.07) is 7.83. The number of likely N-dealkylation sites (N-methyl/N-ethyl adjacent to an activating group) is 1. The maximum atomic E-state index is 13.0. The van der Waals surface area contributed by atoms with Gasteiger partial charge in [0.15, 0.2) is 0 Å². The fourth-order valence-corrected chi connectivity index (χ4v) is 4.44. The third kappa shape index (κ3) is 3.58. The Bertz CT molecular complexity index is 721. The molecule has 0 aromatic heterocycles. The van der Waals surface area contributed by atoms with Crippen LogP contribution in [-0.2, 0) is 14.3 Å². The number of esters is 1. The number of likely N-dealkylation sites (tertiary alicyclic amines) is 1. The number of hydrogen-bond donors (Lipinski definition) is 0. The molecule has 3 aliphatic heterocycles. The summed E-state index contributed by atoms with van der Waals surface area (Å²) in [6.07, 6.45) is 0. The van der Waals surface area contributed by atoms with Gasteiger partial charge in [-0.2, -0.15) is 0 Å². The maximum Gasteiger partial charge on any atom is 0.316 e. The van der Waals surface area contributed by atoms with E-state index in [2.05, 4.69) is 16.8 Å². The van der Waals surface area contributed by atoms with E-state index in [1.807, 2.05) is 24.3 Å². The first-order valence-corrected chi connectivity index (χ1v) is 9.52. The zero-order chi connectivity index (χ0) is 19.0. The van der Waals surface area contributed by atoms with Gasteiger partial charge in [-0.25, -0.2) is 0 Å². The van der Waals surface area contributed by atoms with E-state index in [9.17, 15) is 9.59 Å². The highest BCUT2D eigenvalue weighted by Gasteiger charge is 2.57. The quantitative estimate of drug-likeness (QED) is 0.697. The number of methoxy groups -OCH3 is 1. The molecule has 3 fully saturated rings. The number of piperazine rings is 1. The van der Waals surface area contributed by atoms with Crippen molar-refractivity contribution in [3.8, 4) is 0 Å². The fraction of sp³-hybridized carbons (Fsp3) is 0.600. The second-order valence-corrected chi connectivity index (χ2v) is 7.88. The molecule has 8 heteroatoms. The number of amides is 1. The molecule has 0 N–H and O–H groups in total. The van der Waals surface area contributed by atoms with Crippen molar-refractivity contribution in [3.63, 3.8) is 0 Å². The molecule has 1 aromatic rings. The largest absolute Gasteiger partial charge is 0.468 e. The molecule has 28 heavy (non-hydrogen) atoms. The standard InChI is InChI=1S/C20H27N3O4.ClH/c1-21-7-9-22(10-8-21)17-5-3-15(4-6-17)18(24)23-11-16-12-27-14-20(16,13-23)19(25)26-2;/h3-6,16H,7-14H2,1-2H3;1H/t16-,20-;/m0./s1. The lowest BCUT2D eigenvalue weighted by molar-refractivity contribution is -0.153. The number of carbonyl (C=O) groups excluding carboxylic acids is 2. The normalized spacial score (nSPS) is 27.3. The number of hydrogen-bond acceptors (Lipinski definition) is 6. The molecule has 0 unspecified atom stereocenters. The van der Waals surface area contributed by atoms with Crippen molar-refractivity contribution in [2.75, 3.05) is 71.5 Å². The lowest BCUT2D eigenvalue weighted by Crippen LogP contribution is -2.44. The molecule has 0 spiro atoms. The van der Waals surface area contributed by atoms with Crippen LogP contribution in [-0.4, -0.2) is 88.3 Å². The van der Waals surface area contributed by atoms with Gasteiger partial charge in [0.2, 0.25) is 0 Å². The number of fused-ring (bicyclic) bond motifs is 1. The predicted molar refractivity (Wildman–Crippen MR) is 108 cm³/mol. The molecular formula is C20H28ClN3O4. The van der Waals surface area contributed by atoms with Crippen LogP contribution in [0.5, 0.6) is 0 Å². The van der Waals surface area contributed by atoms with E-state index >= 15 is 0 Å². The van der Waals surface area contributed by atoms with Gasteiger partial charge >= 0.3 is 5.97 Å². The molecule has 1 aromatic carbocycles. The molecule has 1 amide bonds. The molecule has 3 aliphatic rings. The van der Waals surface area contributed by atoms with Crippen LogP contribution < -0.4 is 4.90 Å². The molecule has 3 heterocycles. The number of ether oxygens (including phenoxy) is 2. The zero-order valence-electron chi connectivity index (χ0n) is 16.4. The van der Waals surface area contributed by atoms with Gasteiger partial charge in [-0.15, -0.1) is 12.4 Å². The van der Waals surface area contributed by atoms with Crippen molar-refractivity contribution in [1.82, 2.24) is 9.80 Å². The minimum atomic E-state index is -0.704. The van der Waals surface area contributed by atoms with Crippen LogP contribution >= 0.6 is 12.4 Å². The van der Waals surface area contributed by atoms with Crippen LogP contribution in [0, 0.1) is 11.3 Å². The number of carbonyl (C=O) groups is 2.